The fraction of sp³-hybridized carbons (Fsp3) is 0.200. The number of aromatic amines is 1. The van der Waals surface area contributed by atoms with Crippen LogP contribution in [0.3, 0.4) is 0 Å². The van der Waals surface area contributed by atoms with Gasteiger partial charge in [-0.1, -0.05) is 0 Å². The molecule has 0 aliphatic rings. The molecule has 11 nitrogen and oxygen atoms in total. The molecule has 0 aliphatic carbocycles. The van der Waals surface area contributed by atoms with Crippen LogP contribution in [-0.4, -0.2) is 52.5 Å². The van der Waals surface area contributed by atoms with E-state index in [0.29, 0.717) is 28.4 Å². The Labute approximate surface area is 193 Å². The lowest BCUT2D eigenvalue weighted by Crippen LogP contribution is -2.30. The summed E-state index contributed by atoms with van der Waals surface area (Å²) in [5.74, 6) is -1.02. The van der Waals surface area contributed by atoms with Crippen molar-refractivity contribution >= 4 is 18.4 Å². The molecule has 172 valence electrons. The topological polar surface area (TPSA) is 158 Å². The number of aromatic nitrogens is 7. The summed E-state index contributed by atoms with van der Waals surface area (Å²) >= 11 is 0. The number of hydrogen-bond acceptors (Lipinski definition) is 8. The van der Waals surface area contributed by atoms with Crippen LogP contribution in [0.4, 0.5) is 4.39 Å². The largest absolute Gasteiger partial charge is 0.481 e. The smallest absolute Gasteiger partial charge is 0.304 e. The van der Waals surface area contributed by atoms with Crippen LogP contribution >= 0.6 is 12.4 Å². The third-order valence-electron chi connectivity index (χ3n) is 4.56. The van der Waals surface area contributed by atoms with Crippen molar-refractivity contribution in [2.75, 3.05) is 0 Å². The Bertz CT molecular complexity index is 1250. The Balaban J connectivity index is 0.00000306. The lowest BCUT2D eigenvalue weighted by atomic mass is 10.1. The van der Waals surface area contributed by atoms with E-state index < -0.39 is 17.8 Å². The van der Waals surface area contributed by atoms with Crippen molar-refractivity contribution in [2.24, 2.45) is 5.73 Å². The lowest BCUT2D eigenvalue weighted by Gasteiger charge is -2.09. The van der Waals surface area contributed by atoms with Gasteiger partial charge in [0.15, 0.2) is 5.82 Å². The number of carbonyl (C=O) groups is 1. The van der Waals surface area contributed by atoms with Crippen molar-refractivity contribution in [2.45, 2.75) is 25.9 Å². The first-order valence-electron chi connectivity index (χ1n) is 9.58. The highest BCUT2D eigenvalue weighted by atomic mass is 35.5. The maximum atomic E-state index is 14.5. The number of halogens is 2. The number of tetrazole rings is 1. The summed E-state index contributed by atoms with van der Waals surface area (Å²) in [5, 5.41) is 27.5. The highest BCUT2D eigenvalue weighted by molar-refractivity contribution is 5.85. The van der Waals surface area contributed by atoms with E-state index >= 15 is 0 Å². The van der Waals surface area contributed by atoms with Gasteiger partial charge in [0.05, 0.1) is 18.7 Å². The minimum atomic E-state index is -0.994. The first kappa shape index (κ1) is 23.8. The molecule has 0 spiro atoms. The van der Waals surface area contributed by atoms with E-state index in [2.05, 4.69) is 30.6 Å². The van der Waals surface area contributed by atoms with E-state index in [4.69, 9.17) is 15.6 Å². The third kappa shape index (κ3) is 5.67. The van der Waals surface area contributed by atoms with Crippen LogP contribution in [0.15, 0.2) is 42.7 Å². The van der Waals surface area contributed by atoms with E-state index in [1.807, 2.05) is 6.92 Å². The number of pyridine rings is 1. The molecule has 1 unspecified atom stereocenters. The number of rotatable bonds is 8. The van der Waals surface area contributed by atoms with Crippen molar-refractivity contribution in [3.05, 3.63) is 54.1 Å². The number of hydrogen-bond donors (Lipinski definition) is 3. The number of carboxylic acids is 1. The summed E-state index contributed by atoms with van der Waals surface area (Å²) in [6.45, 7) is 1.95. The molecule has 3 heterocycles. The molecular weight excluding hydrogens is 455 g/mol. The summed E-state index contributed by atoms with van der Waals surface area (Å²) in [7, 11) is 0. The molecule has 0 saturated heterocycles. The number of carboxylic acid groups (broad SMARTS) is 1. The van der Waals surface area contributed by atoms with Crippen molar-refractivity contribution in [3.63, 3.8) is 0 Å². The third-order valence-corrected chi connectivity index (χ3v) is 4.56. The molecule has 0 aliphatic heterocycles. The van der Waals surface area contributed by atoms with Crippen LogP contribution in [0.1, 0.15) is 12.0 Å². The maximum absolute atomic E-state index is 14.5. The summed E-state index contributed by atoms with van der Waals surface area (Å²) in [5.41, 5.74) is 8.42. The molecule has 3 aromatic heterocycles. The van der Waals surface area contributed by atoms with Crippen LogP contribution < -0.4 is 10.5 Å². The molecule has 0 fully saturated rings. The highest BCUT2D eigenvalue weighted by Gasteiger charge is 2.15. The molecule has 13 heteroatoms. The molecule has 0 saturated carbocycles. The molecule has 4 rings (SSSR count). The molecule has 0 radical (unpaired) electrons. The number of ether oxygens (including phenoxy) is 1. The van der Waals surface area contributed by atoms with Gasteiger partial charge in [0.25, 0.3) is 5.88 Å². The van der Waals surface area contributed by atoms with Crippen LogP contribution in [0.5, 0.6) is 11.6 Å². The molecule has 0 bridgehead atoms. The zero-order valence-corrected chi connectivity index (χ0v) is 18.2. The van der Waals surface area contributed by atoms with Crippen LogP contribution in [0.25, 0.3) is 22.6 Å². The van der Waals surface area contributed by atoms with Gasteiger partial charge in [-0.2, -0.15) is 9.90 Å². The monoisotopic (exact) mass is 474 g/mol. The van der Waals surface area contributed by atoms with Gasteiger partial charge >= 0.3 is 5.97 Å². The number of nitrogens with zero attached hydrogens (tertiary/aromatic N) is 6. The zero-order chi connectivity index (χ0) is 22.7. The minimum absolute atomic E-state index is 0. The molecule has 1 aromatic carbocycles. The number of H-pyrrole nitrogens is 1. The van der Waals surface area contributed by atoms with Crippen molar-refractivity contribution in [1.29, 1.82) is 0 Å². The first-order chi connectivity index (χ1) is 15.4. The van der Waals surface area contributed by atoms with Crippen LogP contribution in [0, 0.1) is 12.7 Å². The predicted octanol–water partition coefficient (Wildman–Crippen LogP) is 2.59. The minimum Gasteiger partial charge on any atom is -0.481 e. The SMILES string of the molecule is Cc1cc(Oc2ncc(-c3ccn[nH]3)cc2F)ccc1-c1nnn(CC(N)CC(=O)O)n1.Cl. The summed E-state index contributed by atoms with van der Waals surface area (Å²) < 4.78 is 20.1. The van der Waals surface area contributed by atoms with Crippen LogP contribution in [-0.2, 0) is 11.3 Å². The van der Waals surface area contributed by atoms with E-state index in [9.17, 15) is 9.18 Å². The van der Waals surface area contributed by atoms with E-state index in [-0.39, 0.29) is 31.3 Å². The number of nitrogens with one attached hydrogen (secondary N) is 1. The number of aliphatic carboxylic acids is 1. The summed E-state index contributed by atoms with van der Waals surface area (Å²) in [6.07, 6.45) is 2.86. The van der Waals surface area contributed by atoms with Gasteiger partial charge in [0.1, 0.15) is 5.75 Å². The molecular formula is C20H20ClFN8O3. The Morgan fingerprint density at radius 1 is 1.33 bits per heavy atom. The van der Waals surface area contributed by atoms with Crippen molar-refractivity contribution in [3.8, 4) is 34.3 Å². The number of nitrogens with two attached hydrogens (primary N) is 1. The average molecular weight is 475 g/mol. The second-order valence-electron chi connectivity index (χ2n) is 7.09. The molecule has 1 atom stereocenters. The van der Waals surface area contributed by atoms with Crippen molar-refractivity contribution in [1.82, 2.24) is 35.4 Å². The van der Waals surface area contributed by atoms with Gasteiger partial charge in [-0.3, -0.25) is 9.89 Å². The molecule has 4 N–H and O–H groups in total. The molecule has 0 amide bonds. The number of aryl methyl sites for hydroxylation is 1. The van der Waals surface area contributed by atoms with Crippen molar-refractivity contribution < 1.29 is 19.0 Å². The second kappa shape index (κ2) is 10.1. The standard InChI is InChI=1S/C20H19FN8O3.ClH/c1-11-6-14(32-20-16(21)7-12(9-23-20)17-4-5-24-25-17)2-3-15(11)19-26-28-29(27-19)10-13(22)8-18(30)31;/h2-7,9,13H,8,10,22H2,1H3,(H,24,25)(H,30,31);1H. The first-order valence-corrected chi connectivity index (χ1v) is 9.58. The second-order valence-corrected chi connectivity index (χ2v) is 7.09. The Hall–Kier alpha value is -3.90. The highest BCUT2D eigenvalue weighted by Crippen LogP contribution is 2.29. The summed E-state index contributed by atoms with van der Waals surface area (Å²) in [4.78, 5) is 16.0. The zero-order valence-electron chi connectivity index (χ0n) is 17.3. The fourth-order valence-corrected chi connectivity index (χ4v) is 3.05. The van der Waals surface area contributed by atoms with E-state index in [1.54, 1.807) is 30.5 Å². The fourth-order valence-electron chi connectivity index (χ4n) is 3.05. The Morgan fingerprint density at radius 2 is 2.15 bits per heavy atom. The van der Waals surface area contributed by atoms with Gasteiger partial charge in [-0.05, 0) is 48.0 Å². The summed E-state index contributed by atoms with van der Waals surface area (Å²) in [6, 6.07) is 7.46. The average Bonchev–Trinajstić information content (AvgIpc) is 3.41. The quantitative estimate of drug-likeness (QED) is 0.349. The Kier molecular flexibility index (Phi) is 7.30. The van der Waals surface area contributed by atoms with E-state index in [1.165, 1.54) is 17.1 Å². The molecule has 4 aromatic rings. The maximum Gasteiger partial charge on any atom is 0.304 e. The Morgan fingerprint density at radius 3 is 2.82 bits per heavy atom. The molecule has 33 heavy (non-hydrogen) atoms. The van der Waals surface area contributed by atoms with E-state index in [0.717, 1.165) is 5.56 Å². The lowest BCUT2D eigenvalue weighted by molar-refractivity contribution is -0.137. The van der Waals surface area contributed by atoms with Gasteiger partial charge < -0.3 is 15.6 Å². The number of benzene rings is 1. The van der Waals surface area contributed by atoms with Crippen LogP contribution in [0.2, 0.25) is 0 Å². The van der Waals surface area contributed by atoms with Gasteiger partial charge in [-0.15, -0.1) is 22.6 Å². The van der Waals surface area contributed by atoms with Gasteiger partial charge in [0.2, 0.25) is 5.82 Å². The predicted molar refractivity (Wildman–Crippen MR) is 117 cm³/mol. The normalized spacial score (nSPS) is 11.6. The van der Waals surface area contributed by atoms with Gasteiger partial charge in [-0.25, -0.2) is 9.37 Å². The van der Waals surface area contributed by atoms with Gasteiger partial charge in [0, 0.05) is 29.6 Å².